The second-order valence-electron chi connectivity index (χ2n) is 5.64. The maximum atomic E-state index is 12.9. The van der Waals surface area contributed by atoms with Gasteiger partial charge in [-0.25, -0.2) is 4.39 Å². The van der Waals surface area contributed by atoms with Crippen molar-refractivity contribution in [3.8, 4) is 0 Å². The van der Waals surface area contributed by atoms with Crippen LogP contribution in [0.1, 0.15) is 24.1 Å². The molecule has 0 bridgehead atoms. The summed E-state index contributed by atoms with van der Waals surface area (Å²) in [6, 6.07) is 7.31. The predicted octanol–water partition coefficient (Wildman–Crippen LogP) is 3.04. The van der Waals surface area contributed by atoms with Crippen molar-refractivity contribution in [1.82, 2.24) is 15.5 Å². The largest absolute Gasteiger partial charge is 0.371 e. The Hall–Kier alpha value is -1.59. The number of H-pyrrole nitrogens is 1. The summed E-state index contributed by atoms with van der Waals surface area (Å²) in [4.78, 5) is 2.32. The minimum Gasteiger partial charge on any atom is -0.371 e. The van der Waals surface area contributed by atoms with Crippen LogP contribution in [0.25, 0.3) is 0 Å². The van der Waals surface area contributed by atoms with E-state index in [1.54, 1.807) is 0 Å². The van der Waals surface area contributed by atoms with E-state index in [9.17, 15) is 4.39 Å². The van der Waals surface area contributed by atoms with E-state index in [2.05, 4.69) is 20.4 Å². The number of halogens is 2. The van der Waals surface area contributed by atoms with Crippen molar-refractivity contribution >= 4 is 18.1 Å². The molecule has 0 amide bonds. The van der Waals surface area contributed by atoms with Crippen LogP contribution in [0.2, 0.25) is 0 Å². The van der Waals surface area contributed by atoms with E-state index < -0.39 is 0 Å². The fourth-order valence-electron chi connectivity index (χ4n) is 2.80. The molecule has 2 N–H and O–H groups in total. The number of piperidine rings is 1. The number of hydrogen-bond acceptors (Lipinski definition) is 3. The van der Waals surface area contributed by atoms with Crippen molar-refractivity contribution in [3.05, 3.63) is 47.5 Å². The molecule has 0 radical (unpaired) electrons. The summed E-state index contributed by atoms with van der Waals surface area (Å²) in [6.45, 7) is 4.92. The molecule has 4 nitrogen and oxygen atoms in total. The van der Waals surface area contributed by atoms with Gasteiger partial charge in [0, 0.05) is 42.6 Å². The Kier molecular flexibility index (Phi) is 5.80. The SMILES string of the molecule is Cc1[nH]ncc1CNC1CCN(c2ccc(F)cc2)CC1.Cl. The molecule has 1 aliphatic rings. The summed E-state index contributed by atoms with van der Waals surface area (Å²) >= 11 is 0. The molecule has 1 aliphatic heterocycles. The maximum Gasteiger partial charge on any atom is 0.123 e. The van der Waals surface area contributed by atoms with Crippen LogP contribution < -0.4 is 10.2 Å². The topological polar surface area (TPSA) is 44.0 Å². The summed E-state index contributed by atoms with van der Waals surface area (Å²) in [6.07, 6.45) is 4.10. The Morgan fingerprint density at radius 3 is 2.55 bits per heavy atom. The molecule has 1 fully saturated rings. The second-order valence-corrected chi connectivity index (χ2v) is 5.64. The lowest BCUT2D eigenvalue weighted by Gasteiger charge is -2.34. The van der Waals surface area contributed by atoms with Gasteiger partial charge in [0.15, 0.2) is 0 Å². The van der Waals surface area contributed by atoms with Crippen LogP contribution in [0.15, 0.2) is 30.5 Å². The highest BCUT2D eigenvalue weighted by molar-refractivity contribution is 5.85. The first-order valence-electron chi connectivity index (χ1n) is 7.45. The normalized spacial score (nSPS) is 15.6. The van der Waals surface area contributed by atoms with Crippen molar-refractivity contribution in [1.29, 1.82) is 0 Å². The fraction of sp³-hybridized carbons (Fsp3) is 0.438. The minimum absolute atomic E-state index is 0. The molecule has 2 heterocycles. The van der Waals surface area contributed by atoms with Gasteiger partial charge in [0.2, 0.25) is 0 Å². The number of aromatic nitrogens is 2. The van der Waals surface area contributed by atoms with E-state index in [1.165, 1.54) is 17.7 Å². The molecule has 22 heavy (non-hydrogen) atoms. The summed E-state index contributed by atoms with van der Waals surface area (Å²) in [7, 11) is 0. The summed E-state index contributed by atoms with van der Waals surface area (Å²) in [5.41, 5.74) is 3.47. The zero-order chi connectivity index (χ0) is 14.7. The zero-order valence-corrected chi connectivity index (χ0v) is 13.5. The molecule has 0 saturated carbocycles. The highest BCUT2D eigenvalue weighted by Crippen LogP contribution is 2.20. The number of hydrogen-bond donors (Lipinski definition) is 2. The van der Waals surface area contributed by atoms with Crippen LogP contribution in [0.5, 0.6) is 0 Å². The van der Waals surface area contributed by atoms with Gasteiger partial charge in [0.25, 0.3) is 0 Å². The average Bonchev–Trinajstić information content (AvgIpc) is 2.92. The number of aryl methyl sites for hydroxylation is 1. The number of rotatable bonds is 4. The molecule has 1 saturated heterocycles. The molecule has 2 aromatic rings. The van der Waals surface area contributed by atoms with Crippen molar-refractivity contribution in [2.45, 2.75) is 32.4 Å². The Balaban J connectivity index is 0.00000176. The van der Waals surface area contributed by atoms with Gasteiger partial charge < -0.3 is 10.2 Å². The number of benzene rings is 1. The molecule has 0 aliphatic carbocycles. The molecule has 0 atom stereocenters. The van der Waals surface area contributed by atoms with Crippen LogP contribution in [0, 0.1) is 12.7 Å². The van der Waals surface area contributed by atoms with E-state index in [0.717, 1.165) is 43.9 Å². The Labute approximate surface area is 136 Å². The van der Waals surface area contributed by atoms with Gasteiger partial charge in [0.05, 0.1) is 6.20 Å². The molecule has 0 spiro atoms. The predicted molar refractivity (Wildman–Crippen MR) is 89.0 cm³/mol. The van der Waals surface area contributed by atoms with Gasteiger partial charge in [-0.15, -0.1) is 12.4 Å². The highest BCUT2D eigenvalue weighted by Gasteiger charge is 2.19. The van der Waals surface area contributed by atoms with E-state index in [-0.39, 0.29) is 18.2 Å². The third-order valence-corrected chi connectivity index (χ3v) is 4.20. The van der Waals surface area contributed by atoms with Gasteiger partial charge in [-0.3, -0.25) is 5.10 Å². The standard InChI is InChI=1S/C16H21FN4.ClH/c1-12-13(11-19-20-12)10-18-15-6-8-21(9-7-15)16-4-2-14(17)3-5-16;/h2-5,11,15,18H,6-10H2,1H3,(H,19,20);1H. The van der Waals surface area contributed by atoms with Gasteiger partial charge in [-0.1, -0.05) is 0 Å². The highest BCUT2D eigenvalue weighted by atomic mass is 35.5. The molecular formula is C16H22ClFN4. The first-order chi connectivity index (χ1) is 10.2. The van der Waals surface area contributed by atoms with Gasteiger partial charge in [-0.05, 0) is 44.0 Å². The Morgan fingerprint density at radius 2 is 1.95 bits per heavy atom. The Bertz CT molecular complexity index is 576. The lowest BCUT2D eigenvalue weighted by molar-refractivity contribution is 0.413. The quantitative estimate of drug-likeness (QED) is 0.908. The Morgan fingerprint density at radius 1 is 1.27 bits per heavy atom. The number of anilines is 1. The van der Waals surface area contributed by atoms with E-state index >= 15 is 0 Å². The van der Waals surface area contributed by atoms with Crippen LogP contribution in [0.4, 0.5) is 10.1 Å². The van der Waals surface area contributed by atoms with E-state index in [4.69, 9.17) is 0 Å². The third kappa shape index (κ3) is 3.99. The van der Waals surface area contributed by atoms with E-state index in [1.807, 2.05) is 25.3 Å². The maximum absolute atomic E-state index is 12.9. The zero-order valence-electron chi connectivity index (χ0n) is 12.7. The fourth-order valence-corrected chi connectivity index (χ4v) is 2.80. The molecule has 0 unspecified atom stereocenters. The van der Waals surface area contributed by atoms with Crippen molar-refractivity contribution in [3.63, 3.8) is 0 Å². The molecule has 3 rings (SSSR count). The summed E-state index contributed by atoms with van der Waals surface area (Å²) in [5.74, 6) is -0.175. The first-order valence-corrected chi connectivity index (χ1v) is 7.45. The van der Waals surface area contributed by atoms with Gasteiger partial charge >= 0.3 is 0 Å². The third-order valence-electron chi connectivity index (χ3n) is 4.20. The van der Waals surface area contributed by atoms with Crippen molar-refractivity contribution in [2.75, 3.05) is 18.0 Å². The lowest BCUT2D eigenvalue weighted by Crippen LogP contribution is -2.42. The molecule has 6 heteroatoms. The summed E-state index contributed by atoms with van der Waals surface area (Å²) < 4.78 is 12.9. The smallest absolute Gasteiger partial charge is 0.123 e. The van der Waals surface area contributed by atoms with Crippen LogP contribution >= 0.6 is 12.4 Å². The molecular weight excluding hydrogens is 303 g/mol. The first kappa shape index (κ1) is 16.8. The second kappa shape index (κ2) is 7.61. The van der Waals surface area contributed by atoms with Crippen molar-refractivity contribution < 1.29 is 4.39 Å². The monoisotopic (exact) mass is 324 g/mol. The number of nitrogens with one attached hydrogen (secondary N) is 2. The van der Waals surface area contributed by atoms with E-state index in [0.29, 0.717) is 6.04 Å². The van der Waals surface area contributed by atoms with Gasteiger partial charge in [-0.2, -0.15) is 5.10 Å². The number of aromatic amines is 1. The molecule has 120 valence electrons. The van der Waals surface area contributed by atoms with Crippen LogP contribution in [-0.4, -0.2) is 29.3 Å². The van der Waals surface area contributed by atoms with Crippen LogP contribution in [0.3, 0.4) is 0 Å². The summed E-state index contributed by atoms with van der Waals surface area (Å²) in [5, 5.41) is 10.6. The number of nitrogens with zero attached hydrogens (tertiary/aromatic N) is 2. The lowest BCUT2D eigenvalue weighted by atomic mass is 10.0. The van der Waals surface area contributed by atoms with Gasteiger partial charge in [0.1, 0.15) is 5.82 Å². The van der Waals surface area contributed by atoms with Crippen molar-refractivity contribution in [2.24, 2.45) is 0 Å². The molecule has 1 aromatic carbocycles. The van der Waals surface area contributed by atoms with Crippen LogP contribution in [-0.2, 0) is 6.54 Å². The minimum atomic E-state index is -0.175. The molecule has 1 aromatic heterocycles. The average molecular weight is 325 g/mol.